The number of fused-ring (bicyclic) bond motifs is 1. The molecule has 0 bridgehead atoms. The first kappa shape index (κ1) is 18.6. The molecule has 1 amide bonds. The number of alkyl halides is 3. The van der Waals surface area contributed by atoms with Crippen molar-refractivity contribution in [3.63, 3.8) is 0 Å². The van der Waals surface area contributed by atoms with Crippen LogP contribution in [0.3, 0.4) is 0 Å². The van der Waals surface area contributed by atoms with Crippen molar-refractivity contribution in [2.75, 3.05) is 0 Å². The predicted molar refractivity (Wildman–Crippen MR) is 91.7 cm³/mol. The SMILES string of the molecule is CCc1[nH]c2cc(=O)ccn2c1C(=O)NCc1ccc(OC(F)(F)F)cc1. The Morgan fingerprint density at radius 2 is 1.93 bits per heavy atom. The van der Waals surface area contributed by atoms with Gasteiger partial charge in [-0.15, -0.1) is 13.2 Å². The summed E-state index contributed by atoms with van der Waals surface area (Å²) in [5, 5.41) is 2.73. The number of aromatic nitrogens is 2. The molecule has 3 rings (SSSR count). The maximum Gasteiger partial charge on any atom is 0.573 e. The minimum Gasteiger partial charge on any atom is -0.406 e. The van der Waals surface area contributed by atoms with Gasteiger partial charge in [0, 0.05) is 30.6 Å². The molecular formula is C18H16F3N3O3. The first-order valence-corrected chi connectivity index (χ1v) is 8.13. The molecule has 0 aliphatic carbocycles. The Balaban J connectivity index is 1.74. The second-order valence-corrected chi connectivity index (χ2v) is 5.80. The lowest BCUT2D eigenvalue weighted by molar-refractivity contribution is -0.274. The van der Waals surface area contributed by atoms with Crippen molar-refractivity contribution in [2.45, 2.75) is 26.3 Å². The van der Waals surface area contributed by atoms with Crippen LogP contribution in [0.25, 0.3) is 5.65 Å². The van der Waals surface area contributed by atoms with Gasteiger partial charge in [-0.05, 0) is 24.1 Å². The molecule has 9 heteroatoms. The summed E-state index contributed by atoms with van der Waals surface area (Å²) in [5.74, 6) is -0.691. The Labute approximate surface area is 151 Å². The molecule has 6 nitrogen and oxygen atoms in total. The average molecular weight is 379 g/mol. The van der Waals surface area contributed by atoms with Crippen LogP contribution >= 0.6 is 0 Å². The highest BCUT2D eigenvalue weighted by molar-refractivity contribution is 5.94. The molecule has 0 radical (unpaired) electrons. The molecule has 2 N–H and O–H groups in total. The summed E-state index contributed by atoms with van der Waals surface area (Å²) in [6.45, 7) is 2.00. The van der Waals surface area contributed by atoms with Crippen LogP contribution in [0.1, 0.15) is 28.7 Å². The predicted octanol–water partition coefficient (Wildman–Crippen LogP) is 3.02. The van der Waals surface area contributed by atoms with Crippen molar-refractivity contribution < 1.29 is 22.7 Å². The Bertz CT molecular complexity index is 1020. The number of aryl methyl sites for hydroxylation is 1. The van der Waals surface area contributed by atoms with Crippen LogP contribution in [0.5, 0.6) is 5.75 Å². The fraction of sp³-hybridized carbons (Fsp3) is 0.222. The second-order valence-electron chi connectivity index (χ2n) is 5.80. The van der Waals surface area contributed by atoms with Gasteiger partial charge in [0.05, 0.1) is 0 Å². The van der Waals surface area contributed by atoms with E-state index >= 15 is 0 Å². The van der Waals surface area contributed by atoms with Gasteiger partial charge in [-0.25, -0.2) is 0 Å². The standard InChI is InChI=1S/C18H16F3N3O3/c1-2-14-16(24-8-7-12(25)9-15(24)23-14)17(26)22-10-11-3-5-13(6-4-11)27-18(19,20)21/h3-9,23H,2,10H2,1H3,(H,22,26). The smallest absolute Gasteiger partial charge is 0.406 e. The molecular weight excluding hydrogens is 363 g/mol. The van der Waals surface area contributed by atoms with Crippen LogP contribution in [0.4, 0.5) is 13.2 Å². The Morgan fingerprint density at radius 3 is 2.56 bits per heavy atom. The molecule has 0 atom stereocenters. The van der Waals surface area contributed by atoms with Crippen LogP contribution in [0, 0.1) is 0 Å². The molecule has 0 spiro atoms. The quantitative estimate of drug-likeness (QED) is 0.716. The van der Waals surface area contributed by atoms with Gasteiger partial charge in [0.15, 0.2) is 5.43 Å². The van der Waals surface area contributed by atoms with Crippen molar-refractivity contribution in [1.82, 2.24) is 14.7 Å². The van der Waals surface area contributed by atoms with Gasteiger partial charge in [0.2, 0.25) is 0 Å². The zero-order valence-electron chi connectivity index (χ0n) is 14.3. The van der Waals surface area contributed by atoms with E-state index in [0.717, 1.165) is 0 Å². The number of ether oxygens (including phenoxy) is 1. The van der Waals surface area contributed by atoms with E-state index in [4.69, 9.17) is 0 Å². The van der Waals surface area contributed by atoms with E-state index < -0.39 is 6.36 Å². The molecule has 142 valence electrons. The lowest BCUT2D eigenvalue weighted by Gasteiger charge is -2.10. The number of hydrogen-bond donors (Lipinski definition) is 2. The van der Waals surface area contributed by atoms with E-state index in [1.165, 1.54) is 42.6 Å². The molecule has 0 fully saturated rings. The van der Waals surface area contributed by atoms with Gasteiger partial charge in [-0.1, -0.05) is 19.1 Å². The highest BCUT2D eigenvalue weighted by Gasteiger charge is 2.30. The van der Waals surface area contributed by atoms with E-state index in [1.54, 1.807) is 4.40 Å². The summed E-state index contributed by atoms with van der Waals surface area (Å²) < 4.78 is 41.9. The highest BCUT2D eigenvalue weighted by atomic mass is 19.4. The van der Waals surface area contributed by atoms with Gasteiger partial charge in [-0.2, -0.15) is 0 Å². The largest absolute Gasteiger partial charge is 0.573 e. The Hall–Kier alpha value is -3.23. The molecule has 0 aliphatic heterocycles. The van der Waals surface area contributed by atoms with Gasteiger partial charge in [-0.3, -0.25) is 14.0 Å². The summed E-state index contributed by atoms with van der Waals surface area (Å²) >= 11 is 0. The van der Waals surface area contributed by atoms with Gasteiger partial charge < -0.3 is 15.0 Å². The number of nitrogens with zero attached hydrogens (tertiary/aromatic N) is 1. The third-order valence-corrected chi connectivity index (χ3v) is 3.91. The van der Waals surface area contributed by atoms with E-state index in [1.807, 2.05) is 6.92 Å². The lowest BCUT2D eigenvalue weighted by atomic mass is 10.2. The number of hydrogen-bond acceptors (Lipinski definition) is 3. The monoisotopic (exact) mass is 379 g/mol. The highest BCUT2D eigenvalue weighted by Crippen LogP contribution is 2.22. The van der Waals surface area contributed by atoms with Crippen molar-refractivity contribution in [2.24, 2.45) is 0 Å². The summed E-state index contributed by atoms with van der Waals surface area (Å²) in [6, 6.07) is 8.00. The van der Waals surface area contributed by atoms with Gasteiger partial charge in [0.25, 0.3) is 5.91 Å². The minimum atomic E-state index is -4.75. The number of halogens is 3. The van der Waals surface area contributed by atoms with Crippen molar-refractivity contribution >= 4 is 11.6 Å². The molecule has 27 heavy (non-hydrogen) atoms. The third kappa shape index (κ3) is 4.30. The fourth-order valence-corrected chi connectivity index (χ4v) is 2.71. The summed E-state index contributed by atoms with van der Waals surface area (Å²) in [4.78, 5) is 27.1. The number of nitrogens with one attached hydrogen (secondary N) is 2. The fourth-order valence-electron chi connectivity index (χ4n) is 2.71. The lowest BCUT2D eigenvalue weighted by Crippen LogP contribution is -2.25. The first-order chi connectivity index (χ1) is 12.8. The van der Waals surface area contributed by atoms with Crippen molar-refractivity contribution in [3.8, 4) is 5.75 Å². The molecule has 2 aromatic heterocycles. The van der Waals surface area contributed by atoms with Gasteiger partial charge >= 0.3 is 6.36 Å². The molecule has 2 heterocycles. The number of rotatable bonds is 5. The van der Waals surface area contributed by atoms with Crippen LogP contribution in [-0.2, 0) is 13.0 Å². The first-order valence-electron chi connectivity index (χ1n) is 8.13. The summed E-state index contributed by atoms with van der Waals surface area (Å²) in [7, 11) is 0. The Morgan fingerprint density at radius 1 is 1.22 bits per heavy atom. The normalized spacial score (nSPS) is 11.6. The van der Waals surface area contributed by atoms with Crippen molar-refractivity contribution in [3.05, 3.63) is 69.8 Å². The van der Waals surface area contributed by atoms with Crippen LogP contribution in [-0.4, -0.2) is 21.7 Å². The third-order valence-electron chi connectivity index (χ3n) is 3.91. The van der Waals surface area contributed by atoms with E-state index in [-0.39, 0.29) is 23.6 Å². The summed E-state index contributed by atoms with van der Waals surface area (Å²) in [6.07, 6.45) is -2.67. The molecule has 0 saturated carbocycles. The zero-order valence-corrected chi connectivity index (χ0v) is 14.3. The maximum absolute atomic E-state index is 12.6. The molecule has 0 saturated heterocycles. The van der Waals surface area contributed by atoms with E-state index in [0.29, 0.717) is 29.0 Å². The number of H-pyrrole nitrogens is 1. The van der Waals surface area contributed by atoms with Crippen LogP contribution < -0.4 is 15.5 Å². The maximum atomic E-state index is 12.6. The zero-order chi connectivity index (χ0) is 19.6. The van der Waals surface area contributed by atoms with E-state index in [2.05, 4.69) is 15.0 Å². The molecule has 3 aromatic rings. The summed E-state index contributed by atoms with van der Waals surface area (Å²) in [5.41, 5.74) is 2.00. The topological polar surface area (TPSA) is 75.6 Å². The van der Waals surface area contributed by atoms with Crippen molar-refractivity contribution in [1.29, 1.82) is 0 Å². The second kappa shape index (κ2) is 7.18. The van der Waals surface area contributed by atoms with E-state index in [9.17, 15) is 22.8 Å². The molecule has 1 aromatic carbocycles. The number of carbonyl (C=O) groups is 1. The number of benzene rings is 1. The molecule has 0 unspecified atom stereocenters. The number of amides is 1. The number of pyridine rings is 1. The number of imidazole rings is 1. The van der Waals surface area contributed by atoms with Crippen LogP contribution in [0.15, 0.2) is 47.4 Å². The number of aromatic amines is 1. The van der Waals surface area contributed by atoms with Gasteiger partial charge in [0.1, 0.15) is 17.1 Å². The number of carbonyl (C=O) groups excluding carboxylic acids is 1. The van der Waals surface area contributed by atoms with Crippen LogP contribution in [0.2, 0.25) is 0 Å². The minimum absolute atomic E-state index is 0.126. The average Bonchev–Trinajstić information content (AvgIpc) is 2.97. The molecule has 0 aliphatic rings. The Kier molecular flexibility index (Phi) is 4.93.